The molecule has 0 heterocycles. The number of carboxylic acid groups (broad SMARTS) is 1. The van der Waals surface area contributed by atoms with Crippen LogP contribution in [0.2, 0.25) is 0 Å². The Morgan fingerprint density at radius 3 is 2.75 bits per heavy atom. The second kappa shape index (κ2) is 5.92. The fourth-order valence-corrected chi connectivity index (χ4v) is 2.20. The summed E-state index contributed by atoms with van der Waals surface area (Å²) in [6.45, 7) is 0. The van der Waals surface area contributed by atoms with Gasteiger partial charge >= 0.3 is 5.97 Å². The molecule has 2 N–H and O–H groups in total. The molecule has 0 spiro atoms. The van der Waals surface area contributed by atoms with E-state index in [-0.39, 0.29) is 11.3 Å². The highest BCUT2D eigenvalue weighted by atomic mass is 79.9. The van der Waals surface area contributed by atoms with Gasteiger partial charge in [0.2, 0.25) is 0 Å². The molecule has 0 atom stereocenters. The molecule has 6 heteroatoms. The highest BCUT2D eigenvalue weighted by Gasteiger charge is 2.14. The van der Waals surface area contributed by atoms with Crippen LogP contribution < -0.4 is 10.1 Å². The smallest absolute Gasteiger partial charge is 0.337 e. The van der Waals surface area contributed by atoms with Crippen molar-refractivity contribution in [1.29, 1.82) is 0 Å². The molecule has 0 aliphatic carbocycles. The molecule has 20 heavy (non-hydrogen) atoms. The lowest BCUT2D eigenvalue weighted by Gasteiger charge is -2.12. The summed E-state index contributed by atoms with van der Waals surface area (Å²) < 4.78 is 19.6. The van der Waals surface area contributed by atoms with Crippen molar-refractivity contribution in [1.82, 2.24) is 0 Å². The number of benzene rings is 2. The minimum absolute atomic E-state index is 0.0832. The Labute approximate surface area is 123 Å². The van der Waals surface area contributed by atoms with Crippen LogP contribution in [0.5, 0.6) is 5.75 Å². The van der Waals surface area contributed by atoms with Crippen LogP contribution in [0.1, 0.15) is 10.4 Å². The van der Waals surface area contributed by atoms with Crippen LogP contribution in [0.15, 0.2) is 40.9 Å². The van der Waals surface area contributed by atoms with Crippen molar-refractivity contribution in [3.8, 4) is 5.75 Å². The maximum Gasteiger partial charge on any atom is 0.337 e. The average Bonchev–Trinajstić information content (AvgIpc) is 2.40. The molecule has 0 fully saturated rings. The highest BCUT2D eigenvalue weighted by Crippen LogP contribution is 2.29. The van der Waals surface area contributed by atoms with E-state index in [4.69, 9.17) is 9.84 Å². The summed E-state index contributed by atoms with van der Waals surface area (Å²) in [5.74, 6) is -1.27. The van der Waals surface area contributed by atoms with Crippen molar-refractivity contribution >= 4 is 33.3 Å². The number of ether oxygens (including phenoxy) is 1. The minimum Gasteiger partial charge on any atom is -0.497 e. The minimum atomic E-state index is -1.20. The monoisotopic (exact) mass is 339 g/mol. The van der Waals surface area contributed by atoms with Gasteiger partial charge in [-0.25, -0.2) is 9.18 Å². The molecule has 0 radical (unpaired) electrons. The summed E-state index contributed by atoms with van der Waals surface area (Å²) in [6.07, 6.45) is 0. The zero-order chi connectivity index (χ0) is 14.7. The van der Waals surface area contributed by atoms with Crippen molar-refractivity contribution in [2.24, 2.45) is 0 Å². The van der Waals surface area contributed by atoms with E-state index in [1.807, 2.05) is 0 Å². The van der Waals surface area contributed by atoms with Crippen molar-refractivity contribution in [2.45, 2.75) is 0 Å². The van der Waals surface area contributed by atoms with Crippen LogP contribution in [0.25, 0.3) is 0 Å². The number of rotatable bonds is 4. The number of anilines is 2. The SMILES string of the molecule is COc1cc(Br)cc(Nc2c(F)cccc2C(=O)O)c1. The van der Waals surface area contributed by atoms with Gasteiger partial charge in [0.25, 0.3) is 0 Å². The molecule has 0 amide bonds. The second-order valence-corrected chi connectivity index (χ2v) is 4.89. The van der Waals surface area contributed by atoms with Crippen LogP contribution in [-0.4, -0.2) is 18.2 Å². The van der Waals surface area contributed by atoms with E-state index in [2.05, 4.69) is 21.2 Å². The van der Waals surface area contributed by atoms with Crippen molar-refractivity contribution < 1.29 is 19.0 Å². The molecule has 2 rings (SSSR count). The molecule has 0 saturated carbocycles. The molecule has 0 unspecified atom stereocenters. The predicted molar refractivity (Wildman–Crippen MR) is 77.3 cm³/mol. The van der Waals surface area contributed by atoms with Gasteiger partial charge in [-0.15, -0.1) is 0 Å². The molecular weight excluding hydrogens is 329 g/mol. The Bertz CT molecular complexity index is 661. The Morgan fingerprint density at radius 1 is 1.35 bits per heavy atom. The number of hydrogen-bond donors (Lipinski definition) is 2. The van der Waals surface area contributed by atoms with Gasteiger partial charge < -0.3 is 15.2 Å². The van der Waals surface area contributed by atoms with E-state index in [0.717, 1.165) is 4.47 Å². The zero-order valence-electron chi connectivity index (χ0n) is 10.5. The molecule has 0 aliphatic rings. The lowest BCUT2D eigenvalue weighted by Crippen LogP contribution is -2.05. The number of para-hydroxylation sites is 1. The third kappa shape index (κ3) is 3.08. The summed E-state index contributed by atoms with van der Waals surface area (Å²) in [5.41, 5.74) is 0.299. The maximum atomic E-state index is 13.8. The molecule has 2 aromatic carbocycles. The Balaban J connectivity index is 2.44. The quantitative estimate of drug-likeness (QED) is 0.882. The Kier molecular flexibility index (Phi) is 4.24. The fraction of sp³-hybridized carbons (Fsp3) is 0.0714. The number of aromatic carboxylic acids is 1. The van der Waals surface area contributed by atoms with Gasteiger partial charge in [-0.2, -0.15) is 0 Å². The molecule has 4 nitrogen and oxygen atoms in total. The molecule has 0 saturated heterocycles. The third-order valence-corrected chi connectivity index (χ3v) is 3.08. The van der Waals surface area contributed by atoms with Gasteiger partial charge in [0, 0.05) is 16.2 Å². The number of carboxylic acids is 1. The van der Waals surface area contributed by atoms with E-state index in [1.54, 1.807) is 18.2 Å². The standard InChI is InChI=1S/C14H11BrFNO3/c1-20-10-6-8(15)5-9(7-10)17-13-11(14(18)19)3-2-4-12(13)16/h2-7,17H,1H3,(H,18,19). The summed E-state index contributed by atoms with van der Waals surface area (Å²) in [7, 11) is 1.51. The Hall–Kier alpha value is -2.08. The molecule has 0 bridgehead atoms. The Morgan fingerprint density at radius 2 is 2.10 bits per heavy atom. The van der Waals surface area contributed by atoms with Crippen molar-refractivity contribution in [3.63, 3.8) is 0 Å². The van der Waals surface area contributed by atoms with Crippen molar-refractivity contribution in [3.05, 3.63) is 52.3 Å². The zero-order valence-corrected chi connectivity index (χ0v) is 12.1. The third-order valence-electron chi connectivity index (χ3n) is 2.62. The van der Waals surface area contributed by atoms with Gasteiger partial charge in [-0.1, -0.05) is 22.0 Å². The fourth-order valence-electron chi connectivity index (χ4n) is 1.73. The first-order valence-corrected chi connectivity index (χ1v) is 6.44. The van der Waals surface area contributed by atoms with Crippen LogP contribution in [0, 0.1) is 5.82 Å². The van der Waals surface area contributed by atoms with Gasteiger partial charge in [0.1, 0.15) is 11.6 Å². The van der Waals surface area contributed by atoms with Crippen molar-refractivity contribution in [2.75, 3.05) is 12.4 Å². The first kappa shape index (κ1) is 14.3. The number of methoxy groups -OCH3 is 1. The number of nitrogens with one attached hydrogen (secondary N) is 1. The van der Waals surface area contributed by atoms with E-state index in [0.29, 0.717) is 11.4 Å². The van der Waals surface area contributed by atoms with Gasteiger partial charge in [-0.05, 0) is 24.3 Å². The molecular formula is C14H11BrFNO3. The molecule has 2 aromatic rings. The first-order valence-electron chi connectivity index (χ1n) is 5.64. The van der Waals surface area contributed by atoms with Crippen LogP contribution in [-0.2, 0) is 0 Å². The van der Waals surface area contributed by atoms with E-state index in [9.17, 15) is 9.18 Å². The average molecular weight is 340 g/mol. The lowest BCUT2D eigenvalue weighted by atomic mass is 10.1. The number of halogens is 2. The summed E-state index contributed by atoms with van der Waals surface area (Å²) >= 11 is 3.30. The van der Waals surface area contributed by atoms with Crippen LogP contribution in [0.4, 0.5) is 15.8 Å². The first-order chi connectivity index (χ1) is 9.51. The van der Waals surface area contributed by atoms with Gasteiger partial charge in [-0.3, -0.25) is 0 Å². The van der Waals surface area contributed by atoms with Gasteiger partial charge in [0.15, 0.2) is 0 Å². The van der Waals surface area contributed by atoms with Crippen LogP contribution in [0.3, 0.4) is 0 Å². The summed E-state index contributed by atoms with van der Waals surface area (Å²) in [5, 5.41) is 11.9. The maximum absolute atomic E-state index is 13.8. The molecule has 0 aromatic heterocycles. The van der Waals surface area contributed by atoms with E-state index >= 15 is 0 Å². The highest BCUT2D eigenvalue weighted by molar-refractivity contribution is 9.10. The lowest BCUT2D eigenvalue weighted by molar-refractivity contribution is 0.0697. The largest absolute Gasteiger partial charge is 0.497 e. The normalized spacial score (nSPS) is 10.2. The number of hydrogen-bond acceptors (Lipinski definition) is 3. The molecule has 0 aliphatic heterocycles. The summed E-state index contributed by atoms with van der Waals surface area (Å²) in [4.78, 5) is 11.1. The summed E-state index contributed by atoms with van der Waals surface area (Å²) in [6, 6.07) is 8.96. The van der Waals surface area contributed by atoms with Gasteiger partial charge in [0.05, 0.1) is 18.4 Å². The van der Waals surface area contributed by atoms with Crippen LogP contribution >= 0.6 is 15.9 Å². The van der Waals surface area contributed by atoms with E-state index < -0.39 is 11.8 Å². The van der Waals surface area contributed by atoms with E-state index in [1.165, 1.54) is 25.3 Å². The topological polar surface area (TPSA) is 58.6 Å². The predicted octanol–water partition coefficient (Wildman–Crippen LogP) is 4.04. The second-order valence-electron chi connectivity index (χ2n) is 3.97. The molecule has 104 valence electrons. The number of carbonyl (C=O) groups is 1.